The van der Waals surface area contributed by atoms with E-state index in [2.05, 4.69) is 5.32 Å². The first-order valence-electron chi connectivity index (χ1n) is 6.25. The molecule has 0 spiro atoms. The number of rotatable bonds is 5. The summed E-state index contributed by atoms with van der Waals surface area (Å²) < 4.78 is 5.48. The fourth-order valence-electron chi connectivity index (χ4n) is 1.93. The zero-order valence-electron chi connectivity index (χ0n) is 10.6. The maximum absolute atomic E-state index is 12.0. The first kappa shape index (κ1) is 13.9. The van der Waals surface area contributed by atoms with E-state index in [1.165, 1.54) is 0 Å². The molecule has 1 amide bonds. The number of furan rings is 1. The minimum absolute atomic E-state index is 0.0464. The van der Waals surface area contributed by atoms with Gasteiger partial charge in [0.05, 0.1) is 5.02 Å². The molecule has 1 aromatic carbocycles. The van der Waals surface area contributed by atoms with Gasteiger partial charge >= 0.3 is 0 Å². The number of hydrogen-bond donors (Lipinski definition) is 2. The van der Waals surface area contributed by atoms with Gasteiger partial charge in [0, 0.05) is 18.0 Å². The molecule has 0 aliphatic heterocycles. The zero-order valence-corrected chi connectivity index (χ0v) is 11.4. The van der Waals surface area contributed by atoms with E-state index in [0.717, 1.165) is 11.8 Å². The lowest BCUT2D eigenvalue weighted by molar-refractivity contribution is 0.0903. The second-order valence-corrected chi connectivity index (χ2v) is 4.77. The third kappa shape index (κ3) is 3.08. The van der Waals surface area contributed by atoms with E-state index in [4.69, 9.17) is 21.1 Å². The molecule has 2 rings (SSSR count). The number of aliphatic hydroxyl groups excluding tert-OH is 1. The molecule has 0 saturated heterocycles. The lowest BCUT2D eigenvalue weighted by Crippen LogP contribution is -2.34. The SMILES string of the molecule is CCC(CCO)NC(=O)c1cc2cccc(Cl)c2o1. The van der Waals surface area contributed by atoms with E-state index in [1.807, 2.05) is 19.1 Å². The first-order valence-corrected chi connectivity index (χ1v) is 6.63. The van der Waals surface area contributed by atoms with Gasteiger partial charge in [-0.1, -0.05) is 30.7 Å². The van der Waals surface area contributed by atoms with Crippen LogP contribution in [0.4, 0.5) is 0 Å². The highest BCUT2D eigenvalue weighted by molar-refractivity contribution is 6.34. The molecule has 4 nitrogen and oxygen atoms in total. The van der Waals surface area contributed by atoms with E-state index in [1.54, 1.807) is 12.1 Å². The van der Waals surface area contributed by atoms with Crippen LogP contribution in [0, 0.1) is 0 Å². The first-order chi connectivity index (χ1) is 9.15. The van der Waals surface area contributed by atoms with E-state index in [0.29, 0.717) is 17.0 Å². The highest BCUT2D eigenvalue weighted by Crippen LogP contribution is 2.26. The molecule has 102 valence electrons. The Morgan fingerprint density at radius 2 is 2.32 bits per heavy atom. The highest BCUT2D eigenvalue weighted by atomic mass is 35.5. The topological polar surface area (TPSA) is 62.5 Å². The Morgan fingerprint density at radius 1 is 1.53 bits per heavy atom. The van der Waals surface area contributed by atoms with Gasteiger partial charge in [0.25, 0.3) is 5.91 Å². The van der Waals surface area contributed by atoms with Gasteiger partial charge < -0.3 is 14.8 Å². The van der Waals surface area contributed by atoms with Gasteiger partial charge in [-0.05, 0) is 25.0 Å². The largest absolute Gasteiger partial charge is 0.449 e. The number of para-hydroxylation sites is 1. The molecule has 0 radical (unpaired) electrons. The lowest BCUT2D eigenvalue weighted by atomic mass is 10.1. The van der Waals surface area contributed by atoms with Gasteiger partial charge in [-0.3, -0.25) is 4.79 Å². The van der Waals surface area contributed by atoms with Crippen LogP contribution in [0.15, 0.2) is 28.7 Å². The Labute approximate surface area is 116 Å². The molecule has 1 atom stereocenters. The van der Waals surface area contributed by atoms with Crippen LogP contribution in [-0.2, 0) is 0 Å². The number of carbonyl (C=O) groups excluding carboxylic acids is 1. The van der Waals surface area contributed by atoms with E-state index >= 15 is 0 Å². The summed E-state index contributed by atoms with van der Waals surface area (Å²) in [6, 6.07) is 6.98. The van der Waals surface area contributed by atoms with Crippen molar-refractivity contribution in [2.45, 2.75) is 25.8 Å². The van der Waals surface area contributed by atoms with Crippen LogP contribution in [0.5, 0.6) is 0 Å². The van der Waals surface area contributed by atoms with E-state index in [9.17, 15) is 4.79 Å². The molecule has 0 bridgehead atoms. The summed E-state index contributed by atoms with van der Waals surface area (Å²) in [5.74, 6) is -0.0490. The van der Waals surface area contributed by atoms with Crippen molar-refractivity contribution in [3.8, 4) is 0 Å². The molecular formula is C14H16ClNO3. The number of aliphatic hydroxyl groups is 1. The van der Waals surface area contributed by atoms with Crippen LogP contribution >= 0.6 is 11.6 Å². The number of amides is 1. The quantitative estimate of drug-likeness (QED) is 0.886. The van der Waals surface area contributed by atoms with Crippen molar-refractivity contribution >= 4 is 28.5 Å². The van der Waals surface area contributed by atoms with Gasteiger partial charge in [-0.25, -0.2) is 0 Å². The summed E-state index contributed by atoms with van der Waals surface area (Å²) >= 11 is 6.00. The molecule has 0 saturated carbocycles. The van der Waals surface area contributed by atoms with Crippen molar-refractivity contribution in [1.82, 2.24) is 5.32 Å². The third-order valence-electron chi connectivity index (χ3n) is 3.03. The minimum Gasteiger partial charge on any atom is -0.449 e. The van der Waals surface area contributed by atoms with E-state index in [-0.39, 0.29) is 24.3 Å². The number of carbonyl (C=O) groups is 1. The van der Waals surface area contributed by atoms with Gasteiger partial charge in [0.15, 0.2) is 11.3 Å². The summed E-state index contributed by atoms with van der Waals surface area (Å²) in [5.41, 5.74) is 0.518. The molecular weight excluding hydrogens is 266 g/mol. The van der Waals surface area contributed by atoms with Crippen LogP contribution in [-0.4, -0.2) is 23.7 Å². The van der Waals surface area contributed by atoms with Crippen molar-refractivity contribution in [2.75, 3.05) is 6.61 Å². The maximum Gasteiger partial charge on any atom is 0.287 e. The normalized spacial score (nSPS) is 12.6. The summed E-state index contributed by atoms with van der Waals surface area (Å²) in [7, 11) is 0. The highest BCUT2D eigenvalue weighted by Gasteiger charge is 2.16. The predicted octanol–water partition coefficient (Wildman–Crippen LogP) is 2.98. The van der Waals surface area contributed by atoms with Crippen molar-refractivity contribution in [3.63, 3.8) is 0 Å². The number of halogens is 1. The Hall–Kier alpha value is -1.52. The summed E-state index contributed by atoms with van der Waals surface area (Å²) in [6.45, 7) is 2.00. The zero-order chi connectivity index (χ0) is 13.8. The van der Waals surface area contributed by atoms with Gasteiger partial charge in [-0.15, -0.1) is 0 Å². The van der Waals surface area contributed by atoms with Crippen molar-refractivity contribution in [3.05, 3.63) is 35.0 Å². The van der Waals surface area contributed by atoms with Gasteiger partial charge in [0.2, 0.25) is 0 Å². The number of hydrogen-bond acceptors (Lipinski definition) is 3. The molecule has 19 heavy (non-hydrogen) atoms. The molecule has 0 aliphatic rings. The van der Waals surface area contributed by atoms with Gasteiger partial charge in [-0.2, -0.15) is 0 Å². The van der Waals surface area contributed by atoms with Crippen molar-refractivity contribution in [2.24, 2.45) is 0 Å². The van der Waals surface area contributed by atoms with Crippen LogP contribution in [0.2, 0.25) is 5.02 Å². The van der Waals surface area contributed by atoms with Crippen LogP contribution in [0.3, 0.4) is 0 Å². The average Bonchev–Trinajstić information content (AvgIpc) is 2.83. The molecule has 2 N–H and O–H groups in total. The van der Waals surface area contributed by atoms with Crippen molar-refractivity contribution < 1.29 is 14.3 Å². The summed E-state index contributed by atoms with van der Waals surface area (Å²) in [6.07, 6.45) is 1.29. The number of fused-ring (bicyclic) bond motifs is 1. The second-order valence-electron chi connectivity index (χ2n) is 4.36. The fourth-order valence-corrected chi connectivity index (χ4v) is 2.15. The summed E-state index contributed by atoms with van der Waals surface area (Å²) in [4.78, 5) is 12.0. The Kier molecular flexibility index (Phi) is 4.45. The van der Waals surface area contributed by atoms with Gasteiger partial charge in [0.1, 0.15) is 0 Å². The monoisotopic (exact) mass is 281 g/mol. The molecule has 2 aromatic rings. The lowest BCUT2D eigenvalue weighted by Gasteiger charge is -2.14. The standard InChI is InChI=1S/C14H16ClNO3/c1-2-10(6-7-17)16-14(18)12-8-9-4-3-5-11(15)13(9)19-12/h3-5,8,10,17H,2,6-7H2,1H3,(H,16,18). The fraction of sp³-hybridized carbons (Fsp3) is 0.357. The van der Waals surface area contributed by atoms with Crippen LogP contribution < -0.4 is 5.32 Å². The Bertz CT molecular complexity index is 579. The summed E-state index contributed by atoms with van der Waals surface area (Å²) in [5, 5.41) is 13.0. The maximum atomic E-state index is 12.0. The third-order valence-corrected chi connectivity index (χ3v) is 3.32. The smallest absolute Gasteiger partial charge is 0.287 e. The molecule has 0 aliphatic carbocycles. The molecule has 5 heteroatoms. The molecule has 1 heterocycles. The molecule has 1 unspecified atom stereocenters. The van der Waals surface area contributed by atoms with Crippen LogP contribution in [0.25, 0.3) is 11.0 Å². The number of benzene rings is 1. The molecule has 1 aromatic heterocycles. The predicted molar refractivity (Wildman–Crippen MR) is 74.5 cm³/mol. The number of nitrogens with one attached hydrogen (secondary N) is 1. The Morgan fingerprint density at radius 3 is 2.95 bits per heavy atom. The second kappa shape index (κ2) is 6.08. The van der Waals surface area contributed by atoms with E-state index < -0.39 is 0 Å². The van der Waals surface area contributed by atoms with Crippen molar-refractivity contribution in [1.29, 1.82) is 0 Å². The minimum atomic E-state index is -0.285. The molecule has 0 fully saturated rings. The Balaban J connectivity index is 2.19. The average molecular weight is 282 g/mol. The van der Waals surface area contributed by atoms with Crippen LogP contribution in [0.1, 0.15) is 30.3 Å².